The van der Waals surface area contributed by atoms with Crippen molar-refractivity contribution in [2.45, 2.75) is 65.2 Å². The molecule has 126 valence electrons. The van der Waals surface area contributed by atoms with Gasteiger partial charge in [0, 0.05) is 11.8 Å². The quantitative estimate of drug-likeness (QED) is 0.717. The van der Waals surface area contributed by atoms with Crippen LogP contribution in [0, 0.1) is 17.3 Å². The Hall–Kier alpha value is -1.31. The van der Waals surface area contributed by atoms with E-state index in [0.29, 0.717) is 17.6 Å². The third-order valence-electron chi connectivity index (χ3n) is 6.64. The van der Waals surface area contributed by atoms with Crippen LogP contribution in [-0.2, 0) is 11.2 Å². The first-order chi connectivity index (χ1) is 11.1. The zero-order valence-corrected chi connectivity index (χ0v) is 15.0. The van der Waals surface area contributed by atoms with Crippen molar-refractivity contribution in [3.05, 3.63) is 29.3 Å². The number of Topliss-reactive ketones (excluding diaryl/α,β-unsaturated/α-hetero) is 1. The van der Waals surface area contributed by atoms with Gasteiger partial charge in [-0.1, -0.05) is 26.8 Å². The van der Waals surface area contributed by atoms with E-state index in [2.05, 4.69) is 25.1 Å². The lowest BCUT2D eigenvalue weighted by Gasteiger charge is -2.48. The van der Waals surface area contributed by atoms with Gasteiger partial charge in [0.05, 0.1) is 7.11 Å². The molecule has 0 saturated heterocycles. The maximum Gasteiger partial charge on any atom is 0.139 e. The van der Waals surface area contributed by atoms with Gasteiger partial charge in [0.15, 0.2) is 0 Å². The molecule has 2 nitrogen and oxygen atoms in total. The Morgan fingerprint density at radius 1 is 1.13 bits per heavy atom. The minimum absolute atomic E-state index is 0.00879. The number of hydrogen-bond donors (Lipinski definition) is 0. The fourth-order valence-electron chi connectivity index (χ4n) is 5.46. The summed E-state index contributed by atoms with van der Waals surface area (Å²) in [5.41, 5.74) is 3.00. The number of ether oxygens (including phenoxy) is 1. The number of rotatable bonds is 1. The number of methoxy groups -OCH3 is 1. The molecule has 1 aromatic carbocycles. The van der Waals surface area contributed by atoms with E-state index in [-0.39, 0.29) is 5.41 Å². The van der Waals surface area contributed by atoms with Gasteiger partial charge in [0.1, 0.15) is 11.5 Å². The summed E-state index contributed by atoms with van der Waals surface area (Å²) in [5, 5.41) is 0. The van der Waals surface area contributed by atoms with Crippen molar-refractivity contribution < 1.29 is 9.53 Å². The van der Waals surface area contributed by atoms with Crippen LogP contribution in [0.1, 0.15) is 69.9 Å². The zero-order chi connectivity index (χ0) is 16.6. The SMILES string of the molecule is CC.COc1ccc2c(c1)CCC1C2CC[C@@]2(C)C(=O)CCC12. The van der Waals surface area contributed by atoms with E-state index < -0.39 is 0 Å². The highest BCUT2D eigenvalue weighted by molar-refractivity contribution is 5.87. The molecular formula is C21H30O2. The highest BCUT2D eigenvalue weighted by Crippen LogP contribution is 2.59. The first-order valence-corrected chi connectivity index (χ1v) is 9.33. The highest BCUT2D eigenvalue weighted by atomic mass is 16.5. The van der Waals surface area contributed by atoms with Gasteiger partial charge in [-0.15, -0.1) is 0 Å². The third-order valence-corrected chi connectivity index (χ3v) is 6.64. The van der Waals surface area contributed by atoms with Crippen LogP contribution >= 0.6 is 0 Å². The topological polar surface area (TPSA) is 26.3 Å². The number of carbonyl (C=O) groups is 1. The van der Waals surface area contributed by atoms with Gasteiger partial charge in [-0.2, -0.15) is 0 Å². The van der Waals surface area contributed by atoms with Gasteiger partial charge < -0.3 is 4.74 Å². The van der Waals surface area contributed by atoms with Crippen molar-refractivity contribution in [2.75, 3.05) is 7.11 Å². The molecule has 0 amide bonds. The summed E-state index contributed by atoms with van der Waals surface area (Å²) in [5.74, 6) is 3.52. The van der Waals surface area contributed by atoms with Crippen LogP contribution in [0.15, 0.2) is 18.2 Å². The number of carbonyl (C=O) groups excluding carboxylic acids is 1. The van der Waals surface area contributed by atoms with Crippen LogP contribution in [0.5, 0.6) is 5.75 Å². The van der Waals surface area contributed by atoms with E-state index in [0.717, 1.165) is 37.4 Å². The molecule has 1 aromatic rings. The molecule has 3 unspecified atom stereocenters. The molecule has 2 heteroatoms. The maximum atomic E-state index is 12.3. The van der Waals surface area contributed by atoms with Gasteiger partial charge in [0.25, 0.3) is 0 Å². The van der Waals surface area contributed by atoms with E-state index in [1.165, 1.54) is 24.0 Å². The predicted octanol–water partition coefficient (Wildman–Crippen LogP) is 5.15. The van der Waals surface area contributed by atoms with Crippen LogP contribution < -0.4 is 4.74 Å². The van der Waals surface area contributed by atoms with Gasteiger partial charge in [-0.25, -0.2) is 0 Å². The van der Waals surface area contributed by atoms with E-state index >= 15 is 0 Å². The number of hydrogen-bond acceptors (Lipinski definition) is 2. The van der Waals surface area contributed by atoms with Gasteiger partial charge >= 0.3 is 0 Å². The fourth-order valence-corrected chi connectivity index (χ4v) is 5.46. The maximum absolute atomic E-state index is 12.3. The summed E-state index contributed by atoms with van der Waals surface area (Å²) in [6.07, 6.45) is 6.61. The van der Waals surface area contributed by atoms with Gasteiger partial charge in [0.2, 0.25) is 0 Å². The Balaban J connectivity index is 0.000000753. The number of ketones is 1. The number of aryl methyl sites for hydroxylation is 1. The van der Waals surface area contributed by atoms with Gasteiger partial charge in [-0.3, -0.25) is 4.79 Å². The van der Waals surface area contributed by atoms with Gasteiger partial charge in [-0.05, 0) is 73.1 Å². The fraction of sp³-hybridized carbons (Fsp3) is 0.667. The van der Waals surface area contributed by atoms with Crippen molar-refractivity contribution in [2.24, 2.45) is 17.3 Å². The molecule has 0 aromatic heterocycles. The molecule has 2 fully saturated rings. The highest BCUT2D eigenvalue weighted by Gasteiger charge is 2.54. The summed E-state index contributed by atoms with van der Waals surface area (Å²) in [6, 6.07) is 6.61. The lowest BCUT2D eigenvalue weighted by atomic mass is 9.55. The minimum Gasteiger partial charge on any atom is -0.497 e. The molecule has 0 spiro atoms. The summed E-state index contributed by atoms with van der Waals surface area (Å²) >= 11 is 0. The zero-order valence-electron chi connectivity index (χ0n) is 15.0. The first-order valence-electron chi connectivity index (χ1n) is 9.33. The summed E-state index contributed by atoms with van der Waals surface area (Å²) in [6.45, 7) is 6.24. The molecule has 3 aliphatic carbocycles. The Bertz CT molecular complexity index is 592. The van der Waals surface area contributed by atoms with Crippen LogP contribution in [-0.4, -0.2) is 12.9 Å². The summed E-state index contributed by atoms with van der Waals surface area (Å²) in [4.78, 5) is 12.3. The largest absolute Gasteiger partial charge is 0.497 e. The second-order valence-corrected chi connectivity index (χ2v) is 7.40. The third kappa shape index (κ3) is 2.51. The first kappa shape index (κ1) is 16.5. The molecule has 2 saturated carbocycles. The Morgan fingerprint density at radius 3 is 2.65 bits per heavy atom. The van der Waals surface area contributed by atoms with Crippen molar-refractivity contribution in [3.8, 4) is 5.75 Å². The van der Waals surface area contributed by atoms with E-state index in [4.69, 9.17) is 4.74 Å². The second kappa shape index (κ2) is 6.30. The molecule has 4 atom stereocenters. The monoisotopic (exact) mass is 314 g/mol. The van der Waals surface area contributed by atoms with E-state index in [1.54, 1.807) is 7.11 Å². The molecule has 0 heterocycles. The van der Waals surface area contributed by atoms with Crippen LogP contribution in [0.3, 0.4) is 0 Å². The lowest BCUT2D eigenvalue weighted by molar-refractivity contribution is -0.129. The Kier molecular flexibility index (Phi) is 4.53. The smallest absolute Gasteiger partial charge is 0.139 e. The van der Waals surface area contributed by atoms with E-state index in [9.17, 15) is 4.79 Å². The molecule has 0 aliphatic heterocycles. The van der Waals surface area contributed by atoms with Crippen molar-refractivity contribution >= 4 is 5.78 Å². The molecule has 0 N–H and O–H groups in total. The molecular weight excluding hydrogens is 284 g/mol. The van der Waals surface area contributed by atoms with Crippen LogP contribution in [0.4, 0.5) is 0 Å². The summed E-state index contributed by atoms with van der Waals surface area (Å²) < 4.78 is 5.37. The van der Waals surface area contributed by atoms with Crippen LogP contribution in [0.2, 0.25) is 0 Å². The summed E-state index contributed by atoms with van der Waals surface area (Å²) in [7, 11) is 1.74. The predicted molar refractivity (Wildman–Crippen MR) is 94.0 cm³/mol. The normalized spacial score (nSPS) is 34.6. The Labute approximate surface area is 140 Å². The molecule has 23 heavy (non-hydrogen) atoms. The molecule has 0 bridgehead atoms. The van der Waals surface area contributed by atoms with Crippen molar-refractivity contribution in [3.63, 3.8) is 0 Å². The average molecular weight is 314 g/mol. The molecule has 3 aliphatic rings. The Morgan fingerprint density at radius 2 is 1.91 bits per heavy atom. The van der Waals surface area contributed by atoms with Crippen LogP contribution in [0.25, 0.3) is 0 Å². The number of benzene rings is 1. The number of fused-ring (bicyclic) bond motifs is 5. The second-order valence-electron chi connectivity index (χ2n) is 7.40. The van der Waals surface area contributed by atoms with E-state index in [1.807, 2.05) is 13.8 Å². The van der Waals surface area contributed by atoms with Crippen molar-refractivity contribution in [1.29, 1.82) is 0 Å². The van der Waals surface area contributed by atoms with Crippen molar-refractivity contribution in [1.82, 2.24) is 0 Å². The molecule has 4 rings (SSSR count). The lowest BCUT2D eigenvalue weighted by Crippen LogP contribution is -2.42. The molecule has 0 radical (unpaired) electrons. The standard InChI is InChI=1S/C19H24O2.C2H6/c1-19-10-9-15-14-6-4-13(21-2)11-12(14)3-5-16(15)17(19)7-8-18(19)20;1-2/h4,6,11,15-17H,3,5,7-10H2,1-2H3;1-2H3/t15?,16?,17?,19-;/m1./s1. The minimum atomic E-state index is -0.00879. The average Bonchev–Trinajstić information content (AvgIpc) is 2.91.